The Labute approximate surface area is 580 Å². The van der Waals surface area contributed by atoms with Crippen LogP contribution in [0.25, 0.3) is 0 Å². The van der Waals surface area contributed by atoms with E-state index in [2.05, 4.69) is 58.9 Å². The summed E-state index contributed by atoms with van der Waals surface area (Å²) in [4.78, 5) is 72.8. The van der Waals surface area contributed by atoms with Crippen LogP contribution in [-0.2, 0) is 65.4 Å². The van der Waals surface area contributed by atoms with Crippen LogP contribution < -0.4 is 0 Å². The summed E-state index contributed by atoms with van der Waals surface area (Å²) >= 11 is 0. The molecule has 0 saturated carbocycles. The zero-order valence-electron chi connectivity index (χ0n) is 61.3. The average molecular weight is 1390 g/mol. The second-order valence-corrected chi connectivity index (χ2v) is 29.9. The third-order valence-corrected chi connectivity index (χ3v) is 19.4. The minimum absolute atomic E-state index is 0.0857. The molecule has 0 aliphatic rings. The number of allylic oxidation sites excluding steroid dienone is 4. The molecule has 0 fully saturated rings. The fraction of sp³-hybridized carbons (Fsp3) is 0.895. The van der Waals surface area contributed by atoms with Gasteiger partial charge in [-0.05, 0) is 57.3 Å². The molecule has 0 rings (SSSR count). The molecule has 0 aromatic heterocycles. The van der Waals surface area contributed by atoms with Crippen molar-refractivity contribution in [3.05, 3.63) is 24.3 Å². The highest BCUT2D eigenvalue weighted by atomic mass is 31.2. The highest BCUT2D eigenvalue weighted by Crippen LogP contribution is 2.45. The van der Waals surface area contributed by atoms with E-state index in [-0.39, 0.29) is 25.7 Å². The molecule has 0 bridgehead atoms. The summed E-state index contributed by atoms with van der Waals surface area (Å²) in [6, 6.07) is 0. The van der Waals surface area contributed by atoms with E-state index < -0.39 is 97.5 Å². The molecule has 95 heavy (non-hydrogen) atoms. The first-order valence-corrected chi connectivity index (χ1v) is 42.0. The molecule has 0 heterocycles. The van der Waals surface area contributed by atoms with Crippen molar-refractivity contribution >= 4 is 39.5 Å². The van der Waals surface area contributed by atoms with Gasteiger partial charge in [-0.25, -0.2) is 9.13 Å². The number of phosphoric ester groups is 2. The molecule has 0 aliphatic heterocycles. The Morgan fingerprint density at radius 3 is 0.895 bits per heavy atom. The lowest BCUT2D eigenvalue weighted by atomic mass is 9.99. The van der Waals surface area contributed by atoms with Gasteiger partial charge in [-0.15, -0.1) is 0 Å². The van der Waals surface area contributed by atoms with Crippen LogP contribution in [-0.4, -0.2) is 96.7 Å². The first-order chi connectivity index (χ1) is 46.1. The molecule has 0 spiro atoms. The fourth-order valence-corrected chi connectivity index (χ4v) is 12.7. The summed E-state index contributed by atoms with van der Waals surface area (Å²) < 4.78 is 68.5. The average Bonchev–Trinajstić information content (AvgIpc) is 1.71. The maximum absolute atomic E-state index is 13.1. The molecule has 0 aromatic rings. The van der Waals surface area contributed by atoms with Gasteiger partial charge in [0, 0.05) is 25.7 Å². The first kappa shape index (κ1) is 92.5. The minimum atomic E-state index is -4.96. The van der Waals surface area contributed by atoms with Crippen molar-refractivity contribution < 1.29 is 80.2 Å². The van der Waals surface area contributed by atoms with E-state index in [4.69, 9.17) is 37.0 Å². The number of esters is 4. The summed E-state index contributed by atoms with van der Waals surface area (Å²) in [5, 5.41) is 10.6. The van der Waals surface area contributed by atoms with Crippen molar-refractivity contribution in [2.45, 2.75) is 393 Å². The zero-order valence-corrected chi connectivity index (χ0v) is 63.1. The summed E-state index contributed by atoms with van der Waals surface area (Å²) in [7, 11) is -9.92. The second-order valence-electron chi connectivity index (χ2n) is 26.9. The van der Waals surface area contributed by atoms with Gasteiger partial charge in [0.05, 0.1) is 26.4 Å². The standard InChI is InChI=1S/C76H144O17P2/c1-6-10-13-16-19-22-25-28-31-34-37-40-47-52-57-62-76(81)92-71(65-86-73(78)59-54-49-44-38-35-32-29-26-23-20-17-14-11-7-2)67-90-94(82,83)88-63-70(77)64-89-95(84,85)91-68-72(66-87-74(79)60-55-50-45-42-41-43-48-53-58-69(5)9-4)93-75(80)61-56-51-46-39-36-33-30-27-24-21-18-15-12-8-3/h22,25,28,31,69-72,77H,6-21,23-24,26-27,29-30,32-68H2,1-5H3,(H,82,83)(H,84,85)/b25-22-,31-28-/t69?,70-,71-,72-/m1/s1. The van der Waals surface area contributed by atoms with Gasteiger partial charge >= 0.3 is 39.5 Å². The van der Waals surface area contributed by atoms with Crippen molar-refractivity contribution in [3.8, 4) is 0 Å². The van der Waals surface area contributed by atoms with Crippen LogP contribution in [0.3, 0.4) is 0 Å². The van der Waals surface area contributed by atoms with E-state index in [0.717, 1.165) is 109 Å². The maximum atomic E-state index is 13.1. The number of rotatable bonds is 74. The van der Waals surface area contributed by atoms with Crippen molar-refractivity contribution in [2.24, 2.45) is 5.92 Å². The van der Waals surface area contributed by atoms with E-state index in [1.165, 1.54) is 186 Å². The van der Waals surface area contributed by atoms with Crippen LogP contribution >= 0.6 is 15.6 Å². The topological polar surface area (TPSA) is 237 Å². The molecule has 6 atom stereocenters. The first-order valence-electron chi connectivity index (χ1n) is 39.0. The van der Waals surface area contributed by atoms with Gasteiger partial charge < -0.3 is 33.8 Å². The molecule has 19 heteroatoms. The number of carbonyl (C=O) groups excluding carboxylic acids is 4. The highest BCUT2D eigenvalue weighted by molar-refractivity contribution is 7.47. The Kier molecular flexibility index (Phi) is 66.9. The molecule has 0 aliphatic carbocycles. The van der Waals surface area contributed by atoms with E-state index in [0.29, 0.717) is 25.7 Å². The Bertz CT molecular complexity index is 1920. The number of carbonyl (C=O) groups is 4. The van der Waals surface area contributed by atoms with Gasteiger partial charge in [0.1, 0.15) is 19.3 Å². The van der Waals surface area contributed by atoms with Gasteiger partial charge in [-0.1, -0.05) is 322 Å². The van der Waals surface area contributed by atoms with Crippen molar-refractivity contribution in [1.82, 2.24) is 0 Å². The van der Waals surface area contributed by atoms with Gasteiger partial charge in [0.15, 0.2) is 12.2 Å². The van der Waals surface area contributed by atoms with Crippen molar-refractivity contribution in [3.63, 3.8) is 0 Å². The lowest BCUT2D eigenvalue weighted by Gasteiger charge is -2.21. The molecular formula is C76H144O17P2. The SMILES string of the molecule is CCCCCC/C=C\C=C/CCCCCCCC(=O)O[C@H](COC(=O)CCCCCCCCCCCCCCCC)COP(=O)(O)OC[C@@H](O)COP(=O)(O)OC[C@@H](COC(=O)CCCCCCCCCCC(C)CC)OC(=O)CCCCCCCCCCCCCCCC. The molecule has 0 saturated heterocycles. The largest absolute Gasteiger partial charge is 0.472 e. The van der Waals surface area contributed by atoms with Crippen LogP contribution in [0.1, 0.15) is 375 Å². The summed E-state index contributed by atoms with van der Waals surface area (Å²) in [5.41, 5.74) is 0. The molecule has 17 nitrogen and oxygen atoms in total. The van der Waals surface area contributed by atoms with Crippen LogP contribution in [0.4, 0.5) is 0 Å². The van der Waals surface area contributed by atoms with Crippen LogP contribution in [0.15, 0.2) is 24.3 Å². The summed E-state index contributed by atoms with van der Waals surface area (Å²) in [5.74, 6) is -1.37. The van der Waals surface area contributed by atoms with Crippen molar-refractivity contribution in [2.75, 3.05) is 39.6 Å². The number of unbranched alkanes of at least 4 members (excludes halogenated alkanes) is 42. The Morgan fingerprint density at radius 2 is 0.589 bits per heavy atom. The monoisotopic (exact) mass is 1390 g/mol. The predicted octanol–water partition coefficient (Wildman–Crippen LogP) is 22.0. The number of phosphoric acid groups is 2. The predicted molar refractivity (Wildman–Crippen MR) is 386 cm³/mol. The maximum Gasteiger partial charge on any atom is 0.472 e. The molecule has 0 amide bonds. The van der Waals surface area contributed by atoms with Crippen LogP contribution in [0, 0.1) is 5.92 Å². The fourth-order valence-electron chi connectivity index (χ4n) is 11.1. The Morgan fingerprint density at radius 1 is 0.337 bits per heavy atom. The summed E-state index contributed by atoms with van der Waals surface area (Å²) in [6.07, 6.45) is 60.2. The highest BCUT2D eigenvalue weighted by Gasteiger charge is 2.30. The molecule has 3 N–H and O–H groups in total. The molecule has 3 unspecified atom stereocenters. The lowest BCUT2D eigenvalue weighted by Crippen LogP contribution is -2.30. The number of aliphatic hydroxyl groups excluding tert-OH is 1. The minimum Gasteiger partial charge on any atom is -0.462 e. The number of aliphatic hydroxyl groups is 1. The van der Waals surface area contributed by atoms with Gasteiger partial charge in [-0.2, -0.15) is 0 Å². The third kappa shape index (κ3) is 68.5. The Balaban J connectivity index is 5.31. The van der Waals surface area contributed by atoms with E-state index in [9.17, 15) is 43.2 Å². The molecule has 0 aromatic carbocycles. The van der Waals surface area contributed by atoms with E-state index >= 15 is 0 Å². The molecule has 0 radical (unpaired) electrons. The van der Waals surface area contributed by atoms with E-state index in [1.807, 2.05) is 0 Å². The van der Waals surface area contributed by atoms with Crippen LogP contribution in [0.2, 0.25) is 0 Å². The normalized spacial score (nSPS) is 14.4. The lowest BCUT2D eigenvalue weighted by molar-refractivity contribution is -0.161. The van der Waals surface area contributed by atoms with Gasteiger partial charge in [0.25, 0.3) is 0 Å². The Hall–Kier alpha value is -2.46. The second kappa shape index (κ2) is 68.7. The smallest absolute Gasteiger partial charge is 0.462 e. The summed E-state index contributed by atoms with van der Waals surface area (Å²) in [6.45, 7) is 7.23. The number of hydrogen-bond donors (Lipinski definition) is 3. The van der Waals surface area contributed by atoms with Crippen LogP contribution in [0.5, 0.6) is 0 Å². The molecule has 560 valence electrons. The zero-order chi connectivity index (χ0) is 69.8. The number of ether oxygens (including phenoxy) is 4. The van der Waals surface area contributed by atoms with Crippen molar-refractivity contribution in [1.29, 1.82) is 0 Å². The molecular weight excluding hydrogens is 1250 g/mol. The van der Waals surface area contributed by atoms with E-state index in [1.54, 1.807) is 0 Å². The quantitative estimate of drug-likeness (QED) is 0.0169. The number of hydrogen-bond acceptors (Lipinski definition) is 15. The van der Waals surface area contributed by atoms with Gasteiger partial charge in [-0.3, -0.25) is 37.3 Å². The van der Waals surface area contributed by atoms with Gasteiger partial charge in [0.2, 0.25) is 0 Å². The third-order valence-electron chi connectivity index (χ3n) is 17.5.